The molecule has 0 amide bonds. The normalized spacial score (nSPS) is 42.7. The molecule has 0 atom stereocenters. The van der Waals surface area contributed by atoms with Gasteiger partial charge in [0.1, 0.15) is 5.78 Å². The Bertz CT molecular complexity index is 293. The van der Waals surface area contributed by atoms with Gasteiger partial charge < -0.3 is 0 Å². The maximum Gasteiger partial charge on any atom is 0.133 e. The van der Waals surface area contributed by atoms with Crippen LogP contribution < -0.4 is 0 Å². The standard InChI is InChI=1S/C16H24O/c1-2-3-4-15(17)11-16-8-12-5-13(9-16)7-14(6-12)10-16/h2,12-14H,1,3-11H2. The fourth-order valence-corrected chi connectivity index (χ4v) is 5.28. The smallest absolute Gasteiger partial charge is 0.133 e. The molecule has 0 spiro atoms. The molecule has 0 heterocycles. The van der Waals surface area contributed by atoms with Crippen molar-refractivity contribution in [2.24, 2.45) is 23.2 Å². The first kappa shape index (κ1) is 11.5. The molecule has 4 fully saturated rings. The SMILES string of the molecule is C=CCCC(=O)CC12CC3CC(CC(C3)C1)C2. The first-order valence-electron chi connectivity index (χ1n) is 7.32. The Labute approximate surface area is 105 Å². The van der Waals surface area contributed by atoms with Crippen LogP contribution in [0.5, 0.6) is 0 Å². The molecule has 0 N–H and O–H groups in total. The van der Waals surface area contributed by atoms with Crippen LogP contribution in [0.2, 0.25) is 0 Å². The molecule has 4 saturated carbocycles. The summed E-state index contributed by atoms with van der Waals surface area (Å²) in [7, 11) is 0. The van der Waals surface area contributed by atoms with Gasteiger partial charge in [0.05, 0.1) is 0 Å². The molecule has 4 bridgehead atoms. The summed E-state index contributed by atoms with van der Waals surface area (Å²) in [6, 6.07) is 0. The Hall–Kier alpha value is -0.590. The predicted octanol–water partition coefficient (Wildman–Crippen LogP) is 4.13. The lowest BCUT2D eigenvalue weighted by molar-refractivity contribution is -0.127. The number of Topliss-reactive ketones (excluding diaryl/α,β-unsaturated/α-hetero) is 1. The van der Waals surface area contributed by atoms with Gasteiger partial charge in [-0.15, -0.1) is 6.58 Å². The summed E-state index contributed by atoms with van der Waals surface area (Å²) in [5.74, 6) is 3.39. The van der Waals surface area contributed by atoms with Crippen molar-refractivity contribution in [3.05, 3.63) is 12.7 Å². The summed E-state index contributed by atoms with van der Waals surface area (Å²) >= 11 is 0. The highest BCUT2D eigenvalue weighted by Gasteiger charge is 2.51. The minimum atomic E-state index is 0.438. The molecule has 0 aromatic carbocycles. The fourth-order valence-electron chi connectivity index (χ4n) is 5.28. The summed E-state index contributed by atoms with van der Waals surface area (Å²) in [5, 5.41) is 0. The summed E-state index contributed by atoms with van der Waals surface area (Å²) < 4.78 is 0. The van der Waals surface area contributed by atoms with Gasteiger partial charge in [-0.3, -0.25) is 4.79 Å². The highest BCUT2D eigenvalue weighted by Crippen LogP contribution is 2.61. The average Bonchev–Trinajstić information content (AvgIpc) is 2.23. The monoisotopic (exact) mass is 232 g/mol. The first-order chi connectivity index (χ1) is 8.19. The third kappa shape index (κ3) is 2.21. The summed E-state index contributed by atoms with van der Waals surface area (Å²) in [5.41, 5.74) is 0.438. The zero-order chi connectivity index (χ0) is 11.9. The molecule has 17 heavy (non-hydrogen) atoms. The van der Waals surface area contributed by atoms with Crippen molar-refractivity contribution >= 4 is 5.78 Å². The van der Waals surface area contributed by atoms with E-state index in [1.54, 1.807) is 0 Å². The molecule has 0 aliphatic heterocycles. The first-order valence-corrected chi connectivity index (χ1v) is 7.32. The molecule has 1 heteroatoms. The Kier molecular flexibility index (Phi) is 2.88. The Morgan fingerprint density at radius 2 is 1.65 bits per heavy atom. The van der Waals surface area contributed by atoms with Gasteiger partial charge in [-0.1, -0.05) is 6.08 Å². The van der Waals surface area contributed by atoms with Crippen LogP contribution in [0.25, 0.3) is 0 Å². The van der Waals surface area contributed by atoms with Crippen LogP contribution in [0.1, 0.15) is 57.8 Å². The topological polar surface area (TPSA) is 17.1 Å². The van der Waals surface area contributed by atoms with Crippen LogP contribution in [0.4, 0.5) is 0 Å². The van der Waals surface area contributed by atoms with Crippen LogP contribution in [0.3, 0.4) is 0 Å². The van der Waals surface area contributed by atoms with Gasteiger partial charge in [-0.05, 0) is 68.1 Å². The molecule has 4 aliphatic carbocycles. The molecule has 1 nitrogen and oxygen atoms in total. The lowest BCUT2D eigenvalue weighted by atomic mass is 9.48. The minimum absolute atomic E-state index is 0.438. The molecular weight excluding hydrogens is 208 g/mol. The Morgan fingerprint density at radius 1 is 1.12 bits per heavy atom. The largest absolute Gasteiger partial charge is 0.300 e. The minimum Gasteiger partial charge on any atom is -0.300 e. The molecule has 0 aromatic rings. The van der Waals surface area contributed by atoms with E-state index in [-0.39, 0.29) is 0 Å². The molecule has 0 radical (unpaired) electrons. The van der Waals surface area contributed by atoms with Crippen LogP contribution in [0, 0.1) is 23.2 Å². The van der Waals surface area contributed by atoms with Gasteiger partial charge in [-0.25, -0.2) is 0 Å². The second-order valence-corrected chi connectivity index (χ2v) is 6.96. The Morgan fingerprint density at radius 3 is 2.12 bits per heavy atom. The van der Waals surface area contributed by atoms with Crippen LogP contribution in [-0.4, -0.2) is 5.78 Å². The number of hydrogen-bond donors (Lipinski definition) is 0. The maximum atomic E-state index is 12.0. The third-order valence-corrected chi connectivity index (χ3v) is 5.36. The van der Waals surface area contributed by atoms with E-state index in [4.69, 9.17) is 0 Å². The van der Waals surface area contributed by atoms with Gasteiger partial charge in [-0.2, -0.15) is 0 Å². The highest BCUT2D eigenvalue weighted by molar-refractivity contribution is 5.79. The van der Waals surface area contributed by atoms with Crippen LogP contribution >= 0.6 is 0 Å². The van der Waals surface area contributed by atoms with Crippen molar-refractivity contribution in [1.82, 2.24) is 0 Å². The number of hydrogen-bond acceptors (Lipinski definition) is 1. The molecular formula is C16H24O. The van der Waals surface area contributed by atoms with E-state index < -0.39 is 0 Å². The molecule has 0 saturated heterocycles. The van der Waals surface area contributed by atoms with Gasteiger partial charge in [0.25, 0.3) is 0 Å². The summed E-state index contributed by atoms with van der Waals surface area (Å²) in [6.07, 6.45) is 12.8. The molecule has 4 rings (SSSR count). The zero-order valence-corrected chi connectivity index (χ0v) is 10.8. The van der Waals surface area contributed by atoms with Crippen molar-refractivity contribution in [3.8, 4) is 0 Å². The van der Waals surface area contributed by atoms with Crippen LogP contribution in [-0.2, 0) is 4.79 Å². The van der Waals surface area contributed by atoms with Crippen molar-refractivity contribution in [1.29, 1.82) is 0 Å². The molecule has 0 aromatic heterocycles. The van der Waals surface area contributed by atoms with E-state index in [0.717, 1.165) is 37.0 Å². The Balaban J connectivity index is 1.65. The summed E-state index contributed by atoms with van der Waals surface area (Å²) in [6.45, 7) is 3.71. The third-order valence-electron chi connectivity index (χ3n) is 5.36. The molecule has 0 unspecified atom stereocenters. The van der Waals surface area contributed by atoms with Gasteiger partial charge in [0, 0.05) is 12.8 Å². The van der Waals surface area contributed by atoms with Crippen molar-refractivity contribution in [2.75, 3.05) is 0 Å². The summed E-state index contributed by atoms with van der Waals surface area (Å²) in [4.78, 5) is 12.0. The highest BCUT2D eigenvalue weighted by atomic mass is 16.1. The lowest BCUT2D eigenvalue weighted by Crippen LogP contribution is -2.46. The second-order valence-electron chi connectivity index (χ2n) is 6.96. The number of carbonyl (C=O) groups excluding carboxylic acids is 1. The fraction of sp³-hybridized carbons (Fsp3) is 0.812. The van der Waals surface area contributed by atoms with E-state index in [9.17, 15) is 4.79 Å². The second kappa shape index (κ2) is 4.26. The van der Waals surface area contributed by atoms with Gasteiger partial charge >= 0.3 is 0 Å². The zero-order valence-electron chi connectivity index (χ0n) is 10.8. The van der Waals surface area contributed by atoms with Crippen molar-refractivity contribution in [2.45, 2.75) is 57.8 Å². The predicted molar refractivity (Wildman–Crippen MR) is 69.7 cm³/mol. The van der Waals surface area contributed by atoms with Gasteiger partial charge in [0.2, 0.25) is 0 Å². The number of ketones is 1. The lowest BCUT2D eigenvalue weighted by Gasteiger charge is -2.56. The molecule has 94 valence electrons. The average molecular weight is 232 g/mol. The van der Waals surface area contributed by atoms with E-state index in [0.29, 0.717) is 11.2 Å². The van der Waals surface area contributed by atoms with E-state index in [1.165, 1.54) is 38.5 Å². The number of rotatable bonds is 5. The van der Waals surface area contributed by atoms with Crippen molar-refractivity contribution in [3.63, 3.8) is 0 Å². The van der Waals surface area contributed by atoms with Crippen LogP contribution in [0.15, 0.2) is 12.7 Å². The van der Waals surface area contributed by atoms with Gasteiger partial charge in [0.15, 0.2) is 0 Å². The van der Waals surface area contributed by atoms with Crippen molar-refractivity contribution < 1.29 is 4.79 Å². The van der Waals surface area contributed by atoms with E-state index in [2.05, 4.69) is 6.58 Å². The number of carbonyl (C=O) groups is 1. The molecule has 4 aliphatic rings. The number of allylic oxidation sites excluding steroid dienone is 1. The quantitative estimate of drug-likeness (QED) is 0.651. The van der Waals surface area contributed by atoms with E-state index in [1.807, 2.05) is 6.08 Å². The maximum absolute atomic E-state index is 12.0. The van der Waals surface area contributed by atoms with E-state index >= 15 is 0 Å².